The monoisotopic (exact) mass is 2170 g/mol. The predicted octanol–water partition coefficient (Wildman–Crippen LogP) is 21.0. The standard InChI is InChI=1S/C20H28FN3O3.2C19H26FN3O3.C18H22F3N3O2.C17H25N3O2.C16H19BrClN3O2/c1-18(2,26)11-15(25)22-17-23-16-13(21)9-12(19(3,4)27)10-14(16)24(17)20(5)7-6-8-20;2*1-18(2,25)10-15(24)21-17-22-16-13(20)8-11(19(3,4)26)9-14(16)23(17)12-6-5-7-12;1-17(2,3)24-15-11(7-10(19)13(20)14(15)21)22-16(24)23-12(25)8-18(4,26)9-5-6-9;1-11-7-8-12-13(9-11)20(16(2,3)4)15(18-12)19-14(21)10-17(5,6)22;1-16(2,23)8-13(22)19-15-20-14-11(18)6-9(17)7-12(14)21(15)10-4-3-5-10/h9-10,26-27H,6-8,11H2,1-5H3,(H,22,23,25);2*8-9,12,25-26H,5-7,10H2,1-4H3,(H,21,22,24);7,9,26H,5-6,8H2,1-4H3,(H,22,23,25);7-9,22H,10H2,1-6H3,(H,18,19,21);6-7,10,23H,3-5,8H2,1-2H3,(H,19,20,22)/t;;;18-;;/m...1../s1. The lowest BCUT2D eigenvalue weighted by atomic mass is 9.78. The van der Waals surface area contributed by atoms with Crippen LogP contribution in [0.1, 0.15) is 335 Å². The predicted molar refractivity (Wildman–Crippen MR) is 572 cm³/mol. The Bertz CT molecular complexity index is 6930. The molecule has 0 bridgehead atoms. The van der Waals surface area contributed by atoms with Crippen molar-refractivity contribution in [3.8, 4) is 0 Å². The number of benzene rings is 6. The van der Waals surface area contributed by atoms with Gasteiger partial charge >= 0.3 is 0 Å². The van der Waals surface area contributed by atoms with E-state index in [0.29, 0.717) is 61.7 Å². The molecule has 0 radical (unpaired) electrons. The number of anilines is 6. The first-order valence-corrected chi connectivity index (χ1v) is 51.9. The van der Waals surface area contributed by atoms with Crippen molar-refractivity contribution >= 4 is 165 Å². The molecule has 41 heteroatoms. The Morgan fingerprint density at radius 1 is 0.367 bits per heavy atom. The lowest BCUT2D eigenvalue weighted by Crippen LogP contribution is -2.39. The summed E-state index contributed by atoms with van der Waals surface area (Å²) < 4.78 is 97.4. The molecule has 5 saturated carbocycles. The van der Waals surface area contributed by atoms with Gasteiger partial charge in [-0.05, 0) is 352 Å². The minimum Gasteiger partial charge on any atom is -0.390 e. The molecule has 6 aromatic carbocycles. The van der Waals surface area contributed by atoms with Crippen LogP contribution in [0.25, 0.3) is 66.2 Å². The molecule has 5 fully saturated rings. The summed E-state index contributed by atoms with van der Waals surface area (Å²) in [6.07, 6.45) is 13.3. The minimum absolute atomic E-state index is 0.0122. The number of rotatable bonds is 26. The van der Waals surface area contributed by atoms with Gasteiger partial charge in [-0.1, -0.05) is 33.6 Å². The third-order valence-electron chi connectivity index (χ3n) is 26.7. The number of hydrogen-bond acceptors (Lipinski definition) is 21. The van der Waals surface area contributed by atoms with Gasteiger partial charge in [0.1, 0.15) is 27.6 Å². The molecule has 150 heavy (non-hydrogen) atoms. The second kappa shape index (κ2) is 43.8. The first-order chi connectivity index (χ1) is 68.8. The molecule has 6 amide bonds. The van der Waals surface area contributed by atoms with Crippen LogP contribution >= 0.6 is 27.5 Å². The maximum atomic E-state index is 14.7. The molecule has 818 valence electrons. The molecule has 5 aliphatic rings. The second-order valence-electron chi connectivity index (χ2n) is 48.0. The number of aryl methyl sites for hydroxylation is 1. The number of aliphatic hydroxyl groups is 9. The number of halogens is 8. The zero-order valence-electron chi connectivity index (χ0n) is 90.2. The van der Waals surface area contributed by atoms with Crippen molar-refractivity contribution in [3.05, 3.63) is 139 Å². The smallest absolute Gasteiger partial charge is 0.229 e. The topological polar surface area (TPSA) is 464 Å². The molecule has 12 aromatic rings. The molecule has 33 nitrogen and oxygen atoms in total. The number of nitrogens with one attached hydrogen (secondary N) is 6. The average Bonchev–Trinajstić information content (AvgIpc) is 1.58. The lowest BCUT2D eigenvalue weighted by Gasteiger charge is -2.41. The van der Waals surface area contributed by atoms with Crippen LogP contribution in [0.3, 0.4) is 0 Å². The van der Waals surface area contributed by atoms with Crippen LogP contribution in [0.5, 0.6) is 0 Å². The maximum absolute atomic E-state index is 14.7. The summed E-state index contributed by atoms with van der Waals surface area (Å²) in [6, 6.07) is 20.2. The average molecular weight is 2180 g/mol. The highest BCUT2D eigenvalue weighted by atomic mass is 79.9. The normalized spacial score (nSPS) is 15.9. The van der Waals surface area contributed by atoms with Crippen molar-refractivity contribution in [1.82, 2.24) is 57.3 Å². The largest absolute Gasteiger partial charge is 0.390 e. The zero-order valence-corrected chi connectivity index (χ0v) is 92.6. The van der Waals surface area contributed by atoms with Crippen LogP contribution in [0.2, 0.25) is 5.02 Å². The lowest BCUT2D eigenvalue weighted by molar-refractivity contribution is -0.122. The molecule has 5 aliphatic carbocycles. The number of hydrogen-bond donors (Lipinski definition) is 15. The van der Waals surface area contributed by atoms with Gasteiger partial charge in [0, 0.05) is 45.3 Å². The SMILES string of the molecule is CC(C)(C)n1c(NC(=O)C[C@@](C)(O)C2CC2)nc2cc(F)c(F)c(F)c21.CC(C)(O)CC(=O)Nc1nc2c(Cl)cc(Br)cc2n1C1CCC1.CC(C)(O)CC(=O)Nc1nc2c(F)cc(C(C)(C)O)cc2n1C1(C)CCC1.CC(C)(O)CC(=O)Nc1nc2c(F)cc(C(C)(C)O)cc2n1C1CCC1.CC(C)(O)CC(=O)Nc1nc2c(F)cc(C(C)(C)O)cc2n1C1CCC1.Cc1ccc2nc(NC(=O)CC(C)(C)O)n(C(C)(C)C)c2c1. The Hall–Kier alpha value is -11.1. The van der Waals surface area contributed by atoms with Crippen molar-refractivity contribution < 1.29 is 101 Å². The summed E-state index contributed by atoms with van der Waals surface area (Å²) in [4.78, 5) is 99.6. The first-order valence-electron chi connectivity index (χ1n) is 50.7. The quantitative estimate of drug-likeness (QED) is 0.0177. The van der Waals surface area contributed by atoms with E-state index in [9.17, 15) is 101 Å². The van der Waals surface area contributed by atoms with Crippen LogP contribution in [0, 0.1) is 47.7 Å². The first kappa shape index (κ1) is 118. The van der Waals surface area contributed by atoms with E-state index in [2.05, 4.69) is 116 Å². The Labute approximate surface area is 882 Å². The van der Waals surface area contributed by atoms with Gasteiger partial charge in [0.15, 0.2) is 34.9 Å². The number of carbonyl (C=O) groups is 6. The fraction of sp³-hybridized carbons (Fsp3) is 0.560. The van der Waals surface area contributed by atoms with E-state index in [0.717, 1.165) is 116 Å². The van der Waals surface area contributed by atoms with Crippen molar-refractivity contribution in [2.24, 2.45) is 5.92 Å². The fourth-order valence-corrected chi connectivity index (χ4v) is 19.3. The van der Waals surface area contributed by atoms with Gasteiger partial charge in [-0.15, -0.1) is 0 Å². The molecular formula is C109H146BrClF6N18O15. The van der Waals surface area contributed by atoms with E-state index in [4.69, 9.17) is 11.6 Å². The number of aromatic nitrogens is 12. The van der Waals surface area contributed by atoms with Crippen molar-refractivity contribution in [1.29, 1.82) is 0 Å². The van der Waals surface area contributed by atoms with E-state index in [1.165, 1.54) is 29.2 Å². The molecule has 1 atom stereocenters. The van der Waals surface area contributed by atoms with Crippen molar-refractivity contribution in [2.75, 3.05) is 31.9 Å². The highest BCUT2D eigenvalue weighted by Gasteiger charge is 2.44. The van der Waals surface area contributed by atoms with Gasteiger partial charge in [0.2, 0.25) is 71.1 Å². The van der Waals surface area contributed by atoms with E-state index < -0.39 is 96.8 Å². The van der Waals surface area contributed by atoms with E-state index in [1.807, 2.05) is 43.4 Å². The summed E-state index contributed by atoms with van der Waals surface area (Å²) in [7, 11) is 0. The highest BCUT2D eigenvalue weighted by Crippen LogP contribution is 2.48. The minimum atomic E-state index is -1.59. The van der Waals surface area contributed by atoms with Crippen LogP contribution < -0.4 is 31.9 Å². The van der Waals surface area contributed by atoms with E-state index >= 15 is 0 Å². The summed E-state index contributed by atoms with van der Waals surface area (Å²) in [5.74, 6) is -6.12. The second-order valence-corrected chi connectivity index (χ2v) is 49.3. The maximum Gasteiger partial charge on any atom is 0.229 e. The number of amides is 6. The van der Waals surface area contributed by atoms with Crippen molar-refractivity contribution in [3.63, 3.8) is 0 Å². The van der Waals surface area contributed by atoms with E-state index in [-0.39, 0.29) is 149 Å². The Balaban J connectivity index is 0.000000160. The summed E-state index contributed by atoms with van der Waals surface area (Å²) >= 11 is 9.76. The van der Waals surface area contributed by atoms with Gasteiger partial charge in [0.05, 0.1) is 133 Å². The van der Waals surface area contributed by atoms with Crippen LogP contribution in [0.15, 0.2) is 77.3 Å². The third kappa shape index (κ3) is 29.1. The molecule has 15 N–H and O–H groups in total. The molecule has 6 aromatic heterocycles. The molecular weight excluding hydrogens is 2030 g/mol. The number of nitrogens with zero attached hydrogens (tertiary/aromatic N) is 12. The van der Waals surface area contributed by atoms with Gasteiger partial charge < -0.3 is 73.4 Å². The van der Waals surface area contributed by atoms with Gasteiger partial charge in [0.25, 0.3) is 0 Å². The fourth-order valence-electron chi connectivity index (χ4n) is 18.5. The van der Waals surface area contributed by atoms with Crippen molar-refractivity contribution in [2.45, 2.75) is 387 Å². The zero-order chi connectivity index (χ0) is 112. The summed E-state index contributed by atoms with van der Waals surface area (Å²) in [5, 5.41) is 107. The summed E-state index contributed by atoms with van der Waals surface area (Å²) in [6.45, 7) is 42.4. The van der Waals surface area contributed by atoms with Gasteiger partial charge in [-0.25, -0.2) is 56.2 Å². The summed E-state index contributed by atoms with van der Waals surface area (Å²) in [5.41, 5.74) is -3.72. The molecule has 0 unspecified atom stereocenters. The number of carbonyl (C=O) groups excluding carboxylic acids is 6. The van der Waals surface area contributed by atoms with E-state index in [1.54, 1.807) is 163 Å². The number of imidazole rings is 6. The van der Waals surface area contributed by atoms with Gasteiger partial charge in [-0.3, -0.25) is 60.7 Å². The van der Waals surface area contributed by atoms with Crippen LogP contribution in [0.4, 0.5) is 62.0 Å². The molecule has 0 spiro atoms. The molecule has 17 rings (SSSR count). The Kier molecular flexibility index (Phi) is 34.4. The third-order valence-corrected chi connectivity index (χ3v) is 27.5. The van der Waals surface area contributed by atoms with Crippen LogP contribution in [-0.4, -0.2) is 172 Å². The highest BCUT2D eigenvalue weighted by molar-refractivity contribution is 9.10. The molecule has 6 heterocycles. The van der Waals surface area contributed by atoms with Gasteiger partial charge in [-0.2, -0.15) is 0 Å². The molecule has 0 aliphatic heterocycles. The van der Waals surface area contributed by atoms with Crippen LogP contribution in [-0.2, 0) is 62.2 Å². The number of fused-ring (bicyclic) bond motifs is 6. The molecule has 0 saturated heterocycles. The Morgan fingerprint density at radius 3 is 1.03 bits per heavy atom. The Morgan fingerprint density at radius 2 is 0.693 bits per heavy atom.